The second-order valence-corrected chi connectivity index (χ2v) is 8.46. The second kappa shape index (κ2) is 10.4. The average Bonchev–Trinajstić information content (AvgIpc) is 3.27. The maximum atomic E-state index is 12.7. The predicted octanol–water partition coefficient (Wildman–Crippen LogP) is 4.05. The van der Waals surface area contributed by atoms with Crippen molar-refractivity contribution in [3.8, 4) is 17.1 Å². The molecule has 0 bridgehead atoms. The van der Waals surface area contributed by atoms with Crippen molar-refractivity contribution in [3.63, 3.8) is 0 Å². The summed E-state index contributed by atoms with van der Waals surface area (Å²) in [5, 5.41) is 7.17. The summed E-state index contributed by atoms with van der Waals surface area (Å²) in [4.78, 5) is 19.4. The fourth-order valence-corrected chi connectivity index (χ4v) is 3.90. The minimum absolute atomic E-state index is 0.0314. The Hall–Kier alpha value is -3.19. The molecule has 1 saturated heterocycles. The third-order valence-corrected chi connectivity index (χ3v) is 5.55. The van der Waals surface area contributed by atoms with Crippen molar-refractivity contribution in [3.05, 3.63) is 66.1 Å². The molecule has 3 aromatic rings. The second-order valence-electron chi connectivity index (χ2n) is 8.46. The Labute approximate surface area is 188 Å². The van der Waals surface area contributed by atoms with E-state index in [9.17, 15) is 4.79 Å². The van der Waals surface area contributed by atoms with Gasteiger partial charge in [-0.25, -0.2) is 0 Å². The van der Waals surface area contributed by atoms with Gasteiger partial charge in [-0.15, -0.1) is 0 Å². The van der Waals surface area contributed by atoms with Crippen molar-refractivity contribution in [1.29, 1.82) is 0 Å². The van der Waals surface area contributed by atoms with Gasteiger partial charge in [-0.1, -0.05) is 47.6 Å². The first-order valence-electron chi connectivity index (χ1n) is 11.2. The summed E-state index contributed by atoms with van der Waals surface area (Å²) in [7, 11) is 0. The van der Waals surface area contributed by atoms with Crippen LogP contribution in [0.2, 0.25) is 0 Å². The van der Waals surface area contributed by atoms with Crippen LogP contribution in [-0.4, -0.2) is 40.1 Å². The molecule has 1 amide bonds. The van der Waals surface area contributed by atoms with Crippen LogP contribution in [0.1, 0.15) is 38.1 Å². The average molecular weight is 435 g/mol. The molecule has 4 rings (SSSR count). The lowest BCUT2D eigenvalue weighted by atomic mass is 9.96. The Kier molecular flexibility index (Phi) is 7.17. The van der Waals surface area contributed by atoms with Crippen molar-refractivity contribution < 1.29 is 14.1 Å². The maximum absolute atomic E-state index is 12.7. The number of carbonyl (C=O) groups excluding carboxylic acids is 1. The molecule has 0 saturated carbocycles. The molecule has 2 aromatic carbocycles. The number of ether oxygens (including phenoxy) is 1. The number of rotatable bonds is 8. The quantitative estimate of drug-likeness (QED) is 0.576. The van der Waals surface area contributed by atoms with E-state index in [1.54, 1.807) is 0 Å². The van der Waals surface area contributed by atoms with Crippen LogP contribution in [0, 0.1) is 5.92 Å². The fraction of sp³-hybridized carbons (Fsp3) is 0.400. The van der Waals surface area contributed by atoms with E-state index in [-0.39, 0.29) is 17.9 Å². The molecule has 1 aliphatic heterocycles. The van der Waals surface area contributed by atoms with E-state index >= 15 is 0 Å². The van der Waals surface area contributed by atoms with E-state index in [0.717, 1.165) is 42.8 Å². The molecule has 1 aromatic heterocycles. The molecule has 7 nitrogen and oxygen atoms in total. The number of nitrogens with zero attached hydrogens (tertiary/aromatic N) is 3. The van der Waals surface area contributed by atoms with Crippen molar-refractivity contribution in [2.24, 2.45) is 5.92 Å². The standard InChI is InChI=1S/C25H30N4O3/c1-18(2)31-22-10-6-7-19(15-22)16-26-25(30)21-11-13-29(14-12-21)17-23-27-24(28-32-23)20-8-4-3-5-9-20/h3-10,15,18,21H,11-14,16-17H2,1-2H3,(H,26,30). The van der Waals surface area contributed by atoms with E-state index in [1.807, 2.05) is 68.4 Å². The highest BCUT2D eigenvalue weighted by atomic mass is 16.5. The first-order valence-corrected chi connectivity index (χ1v) is 11.2. The molecule has 0 atom stereocenters. The third kappa shape index (κ3) is 5.95. The summed E-state index contributed by atoms with van der Waals surface area (Å²) in [6.45, 7) is 6.79. The Bertz CT molecular complexity index is 1010. The third-order valence-electron chi connectivity index (χ3n) is 5.55. The van der Waals surface area contributed by atoms with Crippen molar-refractivity contribution in [1.82, 2.24) is 20.4 Å². The number of hydrogen-bond donors (Lipinski definition) is 1. The summed E-state index contributed by atoms with van der Waals surface area (Å²) >= 11 is 0. The molecule has 32 heavy (non-hydrogen) atoms. The van der Waals surface area contributed by atoms with Gasteiger partial charge < -0.3 is 14.6 Å². The number of piperidine rings is 1. The van der Waals surface area contributed by atoms with E-state index < -0.39 is 0 Å². The Balaban J connectivity index is 1.22. The van der Waals surface area contributed by atoms with Crippen LogP contribution >= 0.6 is 0 Å². The lowest BCUT2D eigenvalue weighted by molar-refractivity contribution is -0.126. The number of likely N-dealkylation sites (tertiary alicyclic amines) is 1. The molecular weight excluding hydrogens is 404 g/mol. The van der Waals surface area contributed by atoms with Gasteiger partial charge >= 0.3 is 0 Å². The van der Waals surface area contributed by atoms with Crippen molar-refractivity contribution in [2.75, 3.05) is 13.1 Å². The molecule has 0 aliphatic carbocycles. The van der Waals surface area contributed by atoms with Gasteiger partial charge in [0.05, 0.1) is 12.6 Å². The van der Waals surface area contributed by atoms with Gasteiger partial charge in [0.2, 0.25) is 17.6 Å². The van der Waals surface area contributed by atoms with E-state index in [4.69, 9.17) is 9.26 Å². The van der Waals surface area contributed by atoms with Crippen molar-refractivity contribution >= 4 is 5.91 Å². The predicted molar refractivity (Wildman–Crippen MR) is 122 cm³/mol. The van der Waals surface area contributed by atoms with E-state index in [0.29, 0.717) is 24.8 Å². The zero-order valence-electron chi connectivity index (χ0n) is 18.7. The molecule has 0 spiro atoms. The Morgan fingerprint density at radius 1 is 1.16 bits per heavy atom. The number of nitrogens with one attached hydrogen (secondary N) is 1. The fourth-order valence-electron chi connectivity index (χ4n) is 3.90. The Morgan fingerprint density at radius 3 is 2.69 bits per heavy atom. The molecule has 7 heteroatoms. The minimum atomic E-state index is 0.0314. The molecule has 2 heterocycles. The highest BCUT2D eigenvalue weighted by Gasteiger charge is 2.26. The van der Waals surface area contributed by atoms with Crippen LogP contribution in [0.25, 0.3) is 11.4 Å². The van der Waals surface area contributed by atoms with E-state index in [2.05, 4.69) is 20.4 Å². The van der Waals surface area contributed by atoms with Gasteiger partial charge in [-0.05, 0) is 57.5 Å². The monoisotopic (exact) mass is 434 g/mol. The van der Waals surface area contributed by atoms with Gasteiger partial charge in [0, 0.05) is 18.0 Å². The van der Waals surface area contributed by atoms with Crippen LogP contribution in [0.15, 0.2) is 59.1 Å². The van der Waals surface area contributed by atoms with Crippen LogP contribution in [0.4, 0.5) is 0 Å². The summed E-state index contributed by atoms with van der Waals surface area (Å²) in [5.74, 6) is 2.19. The molecule has 1 N–H and O–H groups in total. The normalized spacial score (nSPS) is 15.1. The first-order chi connectivity index (χ1) is 15.6. The zero-order valence-corrected chi connectivity index (χ0v) is 18.7. The smallest absolute Gasteiger partial charge is 0.241 e. The lowest BCUT2D eigenvalue weighted by Crippen LogP contribution is -2.40. The van der Waals surface area contributed by atoms with Crippen LogP contribution in [-0.2, 0) is 17.9 Å². The van der Waals surface area contributed by atoms with Crippen LogP contribution in [0.3, 0.4) is 0 Å². The van der Waals surface area contributed by atoms with Crippen molar-refractivity contribution in [2.45, 2.75) is 45.9 Å². The van der Waals surface area contributed by atoms with Crippen LogP contribution in [0.5, 0.6) is 5.75 Å². The van der Waals surface area contributed by atoms with Gasteiger partial charge in [0.1, 0.15) is 5.75 Å². The van der Waals surface area contributed by atoms with Gasteiger partial charge in [-0.2, -0.15) is 4.98 Å². The van der Waals surface area contributed by atoms with E-state index in [1.165, 1.54) is 0 Å². The largest absolute Gasteiger partial charge is 0.491 e. The molecule has 0 radical (unpaired) electrons. The topological polar surface area (TPSA) is 80.5 Å². The highest BCUT2D eigenvalue weighted by Crippen LogP contribution is 2.21. The number of amides is 1. The molecule has 1 fully saturated rings. The lowest BCUT2D eigenvalue weighted by Gasteiger charge is -2.30. The maximum Gasteiger partial charge on any atom is 0.241 e. The molecule has 1 aliphatic rings. The molecule has 168 valence electrons. The molecule has 0 unspecified atom stereocenters. The summed E-state index contributed by atoms with van der Waals surface area (Å²) in [6, 6.07) is 17.7. The highest BCUT2D eigenvalue weighted by molar-refractivity contribution is 5.78. The van der Waals surface area contributed by atoms with Gasteiger partial charge in [0.25, 0.3) is 0 Å². The van der Waals surface area contributed by atoms with Crippen LogP contribution < -0.4 is 10.1 Å². The number of carbonyl (C=O) groups is 1. The number of hydrogen-bond acceptors (Lipinski definition) is 6. The SMILES string of the molecule is CC(C)Oc1cccc(CNC(=O)C2CCN(Cc3nc(-c4ccccc4)no3)CC2)c1. The zero-order chi connectivity index (χ0) is 22.3. The van der Waals surface area contributed by atoms with Gasteiger partial charge in [0.15, 0.2) is 0 Å². The molecular formula is C25H30N4O3. The summed E-state index contributed by atoms with van der Waals surface area (Å²) < 4.78 is 11.2. The first kappa shape index (κ1) is 22.0. The minimum Gasteiger partial charge on any atom is -0.491 e. The Morgan fingerprint density at radius 2 is 1.94 bits per heavy atom. The number of aromatic nitrogens is 2. The summed E-state index contributed by atoms with van der Waals surface area (Å²) in [5.41, 5.74) is 1.98. The summed E-state index contributed by atoms with van der Waals surface area (Å²) in [6.07, 6.45) is 1.77. The number of benzene rings is 2. The van der Waals surface area contributed by atoms with Gasteiger partial charge in [-0.3, -0.25) is 9.69 Å².